The summed E-state index contributed by atoms with van der Waals surface area (Å²) in [5, 5.41) is 3.09. The number of nitrogens with zero attached hydrogens (tertiary/aromatic N) is 1. The summed E-state index contributed by atoms with van der Waals surface area (Å²) in [6.45, 7) is 7.96. The molecule has 1 amide bonds. The highest BCUT2D eigenvalue weighted by Crippen LogP contribution is 2.11. The summed E-state index contributed by atoms with van der Waals surface area (Å²) in [6, 6.07) is 0.503. The molecular weight excluding hydrogens is 202 g/mol. The molecule has 1 aliphatic rings. The fraction of sp³-hybridized carbons (Fsp3) is 0.917. The predicted molar refractivity (Wildman–Crippen MR) is 66.1 cm³/mol. The van der Waals surface area contributed by atoms with E-state index in [1.165, 1.54) is 0 Å². The smallest absolute Gasteiger partial charge is 0.237 e. The Balaban J connectivity index is 2.41. The summed E-state index contributed by atoms with van der Waals surface area (Å²) < 4.78 is 0. The molecule has 1 fully saturated rings. The first-order valence-electron chi connectivity index (χ1n) is 6.38. The third-order valence-electron chi connectivity index (χ3n) is 3.52. The SMILES string of the molecule is CCC(CC)NC(=O)C(C)N1CC[C@@H](N)C1. The van der Waals surface area contributed by atoms with Gasteiger partial charge in [0.15, 0.2) is 0 Å². The zero-order valence-electron chi connectivity index (χ0n) is 10.7. The van der Waals surface area contributed by atoms with Crippen molar-refractivity contribution in [2.24, 2.45) is 5.73 Å². The highest BCUT2D eigenvalue weighted by molar-refractivity contribution is 5.81. The molecule has 0 saturated carbocycles. The molecule has 0 bridgehead atoms. The van der Waals surface area contributed by atoms with Gasteiger partial charge in [-0.05, 0) is 26.2 Å². The predicted octanol–water partition coefficient (Wildman–Crippen LogP) is 0.713. The third kappa shape index (κ3) is 3.46. The zero-order valence-corrected chi connectivity index (χ0v) is 10.7. The second-order valence-corrected chi connectivity index (χ2v) is 4.74. The maximum atomic E-state index is 12.0. The maximum Gasteiger partial charge on any atom is 0.237 e. The van der Waals surface area contributed by atoms with Crippen molar-refractivity contribution in [2.75, 3.05) is 13.1 Å². The van der Waals surface area contributed by atoms with Crippen molar-refractivity contribution in [3.63, 3.8) is 0 Å². The van der Waals surface area contributed by atoms with E-state index in [0.29, 0.717) is 6.04 Å². The van der Waals surface area contributed by atoms with E-state index < -0.39 is 0 Å². The maximum absolute atomic E-state index is 12.0. The van der Waals surface area contributed by atoms with E-state index in [4.69, 9.17) is 5.73 Å². The number of likely N-dealkylation sites (tertiary alicyclic amines) is 1. The van der Waals surface area contributed by atoms with Gasteiger partial charge in [-0.1, -0.05) is 13.8 Å². The van der Waals surface area contributed by atoms with E-state index in [1.807, 2.05) is 6.92 Å². The molecular formula is C12H25N3O. The number of nitrogens with two attached hydrogens (primary N) is 1. The summed E-state index contributed by atoms with van der Waals surface area (Å²) in [5.74, 6) is 0.141. The van der Waals surface area contributed by atoms with Gasteiger partial charge >= 0.3 is 0 Å². The van der Waals surface area contributed by atoms with Gasteiger partial charge in [0, 0.05) is 25.2 Å². The van der Waals surface area contributed by atoms with Gasteiger partial charge in [0.2, 0.25) is 5.91 Å². The van der Waals surface area contributed by atoms with Gasteiger partial charge in [0.05, 0.1) is 6.04 Å². The molecule has 94 valence electrons. The van der Waals surface area contributed by atoms with Crippen LogP contribution in [0.15, 0.2) is 0 Å². The van der Waals surface area contributed by atoms with E-state index in [-0.39, 0.29) is 18.0 Å². The summed E-state index contributed by atoms with van der Waals surface area (Å²) >= 11 is 0. The molecule has 0 aromatic carbocycles. The molecule has 0 aliphatic carbocycles. The minimum Gasteiger partial charge on any atom is -0.352 e. The van der Waals surface area contributed by atoms with Crippen LogP contribution in [0.4, 0.5) is 0 Å². The lowest BCUT2D eigenvalue weighted by Crippen LogP contribution is -2.47. The van der Waals surface area contributed by atoms with Crippen molar-refractivity contribution >= 4 is 5.91 Å². The van der Waals surface area contributed by atoms with E-state index in [2.05, 4.69) is 24.1 Å². The van der Waals surface area contributed by atoms with Crippen LogP contribution < -0.4 is 11.1 Å². The van der Waals surface area contributed by atoms with Gasteiger partial charge in [-0.15, -0.1) is 0 Å². The molecule has 4 heteroatoms. The van der Waals surface area contributed by atoms with E-state index >= 15 is 0 Å². The fourth-order valence-electron chi connectivity index (χ4n) is 2.15. The van der Waals surface area contributed by atoms with Gasteiger partial charge in [0.25, 0.3) is 0 Å². The number of rotatable bonds is 5. The van der Waals surface area contributed by atoms with E-state index in [9.17, 15) is 4.79 Å². The van der Waals surface area contributed by atoms with Gasteiger partial charge in [0.1, 0.15) is 0 Å². The first kappa shape index (κ1) is 13.5. The molecule has 0 aromatic heterocycles. The fourth-order valence-corrected chi connectivity index (χ4v) is 2.15. The molecule has 1 aliphatic heterocycles. The molecule has 3 N–H and O–H groups in total. The summed E-state index contributed by atoms with van der Waals surface area (Å²) in [5.41, 5.74) is 5.84. The lowest BCUT2D eigenvalue weighted by Gasteiger charge is -2.25. The molecule has 4 nitrogen and oxygen atoms in total. The van der Waals surface area contributed by atoms with Gasteiger partial charge in [-0.25, -0.2) is 0 Å². The quantitative estimate of drug-likeness (QED) is 0.727. The Hall–Kier alpha value is -0.610. The zero-order chi connectivity index (χ0) is 12.1. The van der Waals surface area contributed by atoms with E-state index in [1.54, 1.807) is 0 Å². The first-order chi connectivity index (χ1) is 7.58. The average Bonchev–Trinajstić information content (AvgIpc) is 2.71. The minimum atomic E-state index is -0.0471. The highest BCUT2D eigenvalue weighted by Gasteiger charge is 2.28. The van der Waals surface area contributed by atoms with Crippen LogP contribution in [0.25, 0.3) is 0 Å². The van der Waals surface area contributed by atoms with Crippen molar-refractivity contribution in [1.82, 2.24) is 10.2 Å². The Morgan fingerprint density at radius 3 is 2.56 bits per heavy atom. The molecule has 1 rings (SSSR count). The van der Waals surface area contributed by atoms with Crippen LogP contribution in [0.3, 0.4) is 0 Å². The molecule has 1 unspecified atom stereocenters. The summed E-state index contributed by atoms with van der Waals surface area (Å²) in [7, 11) is 0. The van der Waals surface area contributed by atoms with Crippen LogP contribution in [0.2, 0.25) is 0 Å². The number of hydrogen-bond donors (Lipinski definition) is 2. The minimum absolute atomic E-state index is 0.0471. The van der Waals surface area contributed by atoms with Crippen LogP contribution >= 0.6 is 0 Å². The van der Waals surface area contributed by atoms with Crippen molar-refractivity contribution < 1.29 is 4.79 Å². The number of carbonyl (C=O) groups is 1. The summed E-state index contributed by atoms with van der Waals surface area (Å²) in [4.78, 5) is 14.1. The molecule has 2 atom stereocenters. The first-order valence-corrected chi connectivity index (χ1v) is 6.38. The van der Waals surface area contributed by atoms with Gasteiger partial charge in [-0.2, -0.15) is 0 Å². The number of hydrogen-bond acceptors (Lipinski definition) is 3. The van der Waals surface area contributed by atoms with Gasteiger partial charge in [-0.3, -0.25) is 9.69 Å². The molecule has 16 heavy (non-hydrogen) atoms. The van der Waals surface area contributed by atoms with Crippen molar-refractivity contribution in [1.29, 1.82) is 0 Å². The van der Waals surface area contributed by atoms with Gasteiger partial charge < -0.3 is 11.1 Å². The highest BCUT2D eigenvalue weighted by atomic mass is 16.2. The van der Waals surface area contributed by atoms with Crippen LogP contribution in [0, 0.1) is 0 Å². The Labute approximate surface area is 98.6 Å². The Kier molecular flexibility index (Phi) is 5.22. The number of nitrogens with one attached hydrogen (secondary N) is 1. The average molecular weight is 227 g/mol. The Bertz CT molecular complexity index is 228. The summed E-state index contributed by atoms with van der Waals surface area (Å²) in [6.07, 6.45) is 2.99. The number of amides is 1. The van der Waals surface area contributed by atoms with Crippen LogP contribution in [-0.2, 0) is 4.79 Å². The Morgan fingerprint density at radius 1 is 1.50 bits per heavy atom. The third-order valence-corrected chi connectivity index (χ3v) is 3.52. The van der Waals surface area contributed by atoms with E-state index in [0.717, 1.165) is 32.4 Å². The molecule has 1 heterocycles. The normalized spacial score (nSPS) is 23.7. The van der Waals surface area contributed by atoms with Crippen LogP contribution in [0.1, 0.15) is 40.0 Å². The monoisotopic (exact) mass is 227 g/mol. The lowest BCUT2D eigenvalue weighted by atomic mass is 10.1. The Morgan fingerprint density at radius 2 is 2.12 bits per heavy atom. The lowest BCUT2D eigenvalue weighted by molar-refractivity contribution is -0.126. The molecule has 0 radical (unpaired) electrons. The topological polar surface area (TPSA) is 58.4 Å². The second kappa shape index (κ2) is 6.21. The second-order valence-electron chi connectivity index (χ2n) is 4.74. The van der Waals surface area contributed by atoms with Crippen molar-refractivity contribution in [3.05, 3.63) is 0 Å². The number of carbonyl (C=O) groups excluding carboxylic acids is 1. The van der Waals surface area contributed by atoms with Crippen molar-refractivity contribution in [3.8, 4) is 0 Å². The molecule has 1 saturated heterocycles. The van der Waals surface area contributed by atoms with Crippen LogP contribution in [-0.4, -0.2) is 42.0 Å². The standard InChI is InChI=1S/C12H25N3O/c1-4-11(5-2)14-12(16)9(3)15-7-6-10(13)8-15/h9-11H,4-8,13H2,1-3H3,(H,14,16)/t9?,10-/m1/s1. The van der Waals surface area contributed by atoms with Crippen molar-refractivity contribution in [2.45, 2.75) is 58.2 Å². The largest absolute Gasteiger partial charge is 0.352 e. The van der Waals surface area contributed by atoms with Crippen LogP contribution in [0.5, 0.6) is 0 Å². The molecule has 0 spiro atoms. The molecule has 0 aromatic rings.